The Morgan fingerprint density at radius 1 is 0.931 bits per heavy atom. The highest BCUT2D eigenvalue weighted by Gasteiger charge is 2.25. The van der Waals surface area contributed by atoms with Crippen LogP contribution in [0.5, 0.6) is 0 Å². The van der Waals surface area contributed by atoms with Crippen molar-refractivity contribution in [1.82, 2.24) is 0 Å². The molecule has 3 aromatic carbocycles. The third-order valence-electron chi connectivity index (χ3n) is 4.32. The summed E-state index contributed by atoms with van der Waals surface area (Å²) in [6.07, 6.45) is 0. The zero-order valence-electron chi connectivity index (χ0n) is 16.1. The number of aryl methyl sites for hydroxylation is 1. The Morgan fingerprint density at radius 3 is 2.07 bits per heavy atom. The number of halogens is 1. The van der Waals surface area contributed by atoms with Crippen molar-refractivity contribution in [2.45, 2.75) is 25.3 Å². The number of nitrogens with one attached hydrogen (secondary N) is 1. The van der Waals surface area contributed by atoms with Gasteiger partial charge in [0, 0.05) is 12.6 Å². The molecule has 0 atom stereocenters. The second-order valence-electron chi connectivity index (χ2n) is 6.68. The third kappa shape index (κ3) is 5.00. The molecule has 0 bridgehead atoms. The third-order valence-corrected chi connectivity index (χ3v) is 6.11. The Bertz CT molecular complexity index is 1090. The van der Waals surface area contributed by atoms with Crippen LogP contribution in [0, 0.1) is 12.7 Å². The zero-order valence-corrected chi connectivity index (χ0v) is 16.9. The van der Waals surface area contributed by atoms with E-state index in [9.17, 15) is 17.6 Å². The summed E-state index contributed by atoms with van der Waals surface area (Å²) >= 11 is 0. The maximum absolute atomic E-state index is 13.4. The van der Waals surface area contributed by atoms with E-state index < -0.39 is 10.0 Å². The maximum atomic E-state index is 13.4. The molecule has 0 saturated carbocycles. The van der Waals surface area contributed by atoms with Crippen LogP contribution in [0.1, 0.15) is 18.1 Å². The van der Waals surface area contributed by atoms with Gasteiger partial charge in [0.1, 0.15) is 5.82 Å². The first-order chi connectivity index (χ1) is 13.8. The second kappa shape index (κ2) is 8.45. The van der Waals surface area contributed by atoms with Gasteiger partial charge in [0.05, 0.1) is 17.1 Å². The van der Waals surface area contributed by atoms with Crippen molar-refractivity contribution in [2.24, 2.45) is 0 Å². The van der Waals surface area contributed by atoms with E-state index in [-0.39, 0.29) is 23.2 Å². The van der Waals surface area contributed by atoms with Gasteiger partial charge in [-0.1, -0.05) is 29.8 Å². The highest BCUT2D eigenvalue weighted by molar-refractivity contribution is 7.92. The molecule has 0 aliphatic heterocycles. The van der Waals surface area contributed by atoms with Crippen molar-refractivity contribution < 1.29 is 17.6 Å². The van der Waals surface area contributed by atoms with Gasteiger partial charge in [0.15, 0.2) is 0 Å². The van der Waals surface area contributed by atoms with Crippen molar-refractivity contribution in [3.63, 3.8) is 0 Å². The number of benzene rings is 3. The number of anilines is 2. The molecule has 0 radical (unpaired) electrons. The lowest BCUT2D eigenvalue weighted by molar-refractivity contribution is -0.114. The average Bonchev–Trinajstić information content (AvgIpc) is 2.68. The topological polar surface area (TPSA) is 66.5 Å². The van der Waals surface area contributed by atoms with E-state index in [4.69, 9.17) is 0 Å². The molecule has 0 aromatic heterocycles. The van der Waals surface area contributed by atoms with E-state index in [1.807, 2.05) is 19.1 Å². The molecule has 150 valence electrons. The van der Waals surface area contributed by atoms with E-state index >= 15 is 0 Å². The van der Waals surface area contributed by atoms with Gasteiger partial charge in [0.2, 0.25) is 5.91 Å². The predicted molar refractivity (Wildman–Crippen MR) is 112 cm³/mol. The Hall–Kier alpha value is -3.19. The summed E-state index contributed by atoms with van der Waals surface area (Å²) < 4.78 is 41.3. The number of carbonyl (C=O) groups excluding carboxylic acids is 1. The Labute approximate surface area is 169 Å². The van der Waals surface area contributed by atoms with Gasteiger partial charge in [0.25, 0.3) is 10.0 Å². The van der Waals surface area contributed by atoms with Gasteiger partial charge in [-0.3, -0.25) is 9.10 Å². The van der Waals surface area contributed by atoms with Gasteiger partial charge >= 0.3 is 0 Å². The molecule has 0 fully saturated rings. The van der Waals surface area contributed by atoms with Gasteiger partial charge in [-0.2, -0.15) is 0 Å². The summed E-state index contributed by atoms with van der Waals surface area (Å²) in [6, 6.07) is 18.9. The standard InChI is InChI=1S/C22H21FN2O3S/c1-16-3-11-21(12-4-16)25(15-18-5-7-19(23)8-6-18)29(27,28)22-13-9-20(10-14-22)24-17(2)26/h3-14H,15H2,1-2H3,(H,24,26). The molecule has 0 spiro atoms. The van der Waals surface area contributed by atoms with Crippen LogP contribution in [0.4, 0.5) is 15.8 Å². The first-order valence-corrected chi connectivity index (χ1v) is 10.4. The monoisotopic (exact) mass is 412 g/mol. The molecule has 0 aliphatic rings. The highest BCUT2D eigenvalue weighted by atomic mass is 32.2. The molecular weight excluding hydrogens is 391 g/mol. The minimum absolute atomic E-state index is 0.0547. The number of hydrogen-bond acceptors (Lipinski definition) is 3. The largest absolute Gasteiger partial charge is 0.326 e. The van der Waals surface area contributed by atoms with E-state index in [1.54, 1.807) is 36.4 Å². The average molecular weight is 412 g/mol. The lowest BCUT2D eigenvalue weighted by Gasteiger charge is -2.25. The number of carbonyl (C=O) groups is 1. The summed E-state index contributed by atoms with van der Waals surface area (Å²) in [6.45, 7) is 3.36. The van der Waals surface area contributed by atoms with Crippen LogP contribution >= 0.6 is 0 Å². The first kappa shape index (κ1) is 20.5. The van der Waals surface area contributed by atoms with Crippen molar-refractivity contribution >= 4 is 27.3 Å². The normalized spacial score (nSPS) is 11.1. The molecule has 29 heavy (non-hydrogen) atoms. The minimum Gasteiger partial charge on any atom is -0.326 e. The Balaban J connectivity index is 2.00. The molecular formula is C22H21FN2O3S. The van der Waals surface area contributed by atoms with Crippen LogP contribution in [-0.4, -0.2) is 14.3 Å². The minimum atomic E-state index is -3.89. The zero-order chi connectivity index (χ0) is 21.0. The Morgan fingerprint density at radius 2 is 1.52 bits per heavy atom. The highest BCUT2D eigenvalue weighted by Crippen LogP contribution is 2.27. The number of hydrogen-bond donors (Lipinski definition) is 1. The van der Waals surface area contributed by atoms with E-state index in [0.29, 0.717) is 16.9 Å². The van der Waals surface area contributed by atoms with Crippen LogP contribution in [0.3, 0.4) is 0 Å². The fourth-order valence-corrected chi connectivity index (χ4v) is 4.28. The molecule has 1 N–H and O–H groups in total. The first-order valence-electron chi connectivity index (χ1n) is 8.97. The summed E-state index contributed by atoms with van der Waals surface area (Å²) in [5, 5.41) is 2.61. The van der Waals surface area contributed by atoms with Crippen LogP contribution < -0.4 is 9.62 Å². The number of nitrogens with zero attached hydrogens (tertiary/aromatic N) is 1. The predicted octanol–water partition coefficient (Wildman–Crippen LogP) is 4.49. The van der Waals surface area contributed by atoms with Crippen LogP contribution in [0.2, 0.25) is 0 Å². The van der Waals surface area contributed by atoms with Crippen molar-refractivity contribution in [3.8, 4) is 0 Å². The van der Waals surface area contributed by atoms with Gasteiger partial charge in [-0.25, -0.2) is 12.8 Å². The molecule has 0 heterocycles. The smallest absolute Gasteiger partial charge is 0.264 e. The lowest BCUT2D eigenvalue weighted by atomic mass is 10.2. The van der Waals surface area contributed by atoms with Crippen LogP contribution in [0.15, 0.2) is 77.7 Å². The fraction of sp³-hybridized carbons (Fsp3) is 0.136. The summed E-state index contributed by atoms with van der Waals surface area (Å²) in [5.74, 6) is -0.620. The van der Waals surface area contributed by atoms with E-state index in [0.717, 1.165) is 5.56 Å². The molecule has 5 nitrogen and oxygen atoms in total. The van der Waals surface area contributed by atoms with Crippen molar-refractivity contribution in [1.29, 1.82) is 0 Å². The summed E-state index contributed by atoms with van der Waals surface area (Å²) in [5.41, 5.74) is 2.68. The van der Waals surface area contributed by atoms with Gasteiger partial charge < -0.3 is 5.32 Å². The molecule has 0 saturated heterocycles. The molecule has 0 aliphatic carbocycles. The van der Waals surface area contributed by atoms with Crippen molar-refractivity contribution in [3.05, 3.63) is 89.7 Å². The number of sulfonamides is 1. The van der Waals surface area contributed by atoms with E-state index in [1.165, 1.54) is 35.5 Å². The Kier molecular flexibility index (Phi) is 5.98. The molecule has 1 amide bonds. The summed E-state index contributed by atoms with van der Waals surface area (Å²) in [4.78, 5) is 11.3. The number of rotatable bonds is 6. The fourth-order valence-electron chi connectivity index (χ4n) is 2.82. The van der Waals surface area contributed by atoms with Crippen LogP contribution in [0.25, 0.3) is 0 Å². The summed E-state index contributed by atoms with van der Waals surface area (Å²) in [7, 11) is -3.89. The molecule has 7 heteroatoms. The molecule has 0 unspecified atom stereocenters. The molecule has 3 aromatic rings. The van der Waals surface area contributed by atoms with Crippen molar-refractivity contribution in [2.75, 3.05) is 9.62 Å². The van der Waals surface area contributed by atoms with Gasteiger partial charge in [-0.15, -0.1) is 0 Å². The second-order valence-corrected chi connectivity index (χ2v) is 8.54. The maximum Gasteiger partial charge on any atom is 0.264 e. The number of amides is 1. The molecule has 3 rings (SSSR count). The quantitative estimate of drug-likeness (QED) is 0.649. The van der Waals surface area contributed by atoms with Gasteiger partial charge in [-0.05, 0) is 61.0 Å². The lowest BCUT2D eigenvalue weighted by Crippen LogP contribution is -2.30. The van der Waals surface area contributed by atoms with Crippen LogP contribution in [-0.2, 0) is 21.4 Å². The van der Waals surface area contributed by atoms with E-state index in [2.05, 4.69) is 5.32 Å². The SMILES string of the molecule is CC(=O)Nc1ccc(S(=O)(=O)N(Cc2ccc(F)cc2)c2ccc(C)cc2)cc1.